The van der Waals surface area contributed by atoms with Gasteiger partial charge in [0.2, 0.25) is 5.88 Å². The van der Waals surface area contributed by atoms with E-state index in [0.717, 1.165) is 17.4 Å². The first-order valence-electron chi connectivity index (χ1n) is 6.75. The average molecular weight is 319 g/mol. The van der Waals surface area contributed by atoms with Crippen molar-refractivity contribution in [3.05, 3.63) is 22.5 Å². The highest BCUT2D eigenvalue weighted by Gasteiger charge is 2.26. The second kappa shape index (κ2) is 5.46. The molecule has 0 aromatic carbocycles. The number of methoxy groups -OCH3 is 1. The van der Waals surface area contributed by atoms with Crippen molar-refractivity contribution in [2.24, 2.45) is 0 Å². The van der Waals surface area contributed by atoms with E-state index in [0.29, 0.717) is 24.7 Å². The molecule has 0 amide bonds. The van der Waals surface area contributed by atoms with E-state index in [-0.39, 0.29) is 6.10 Å². The Hall–Kier alpha value is -2.33. The average Bonchev–Trinajstić information content (AvgIpc) is 3.23. The van der Waals surface area contributed by atoms with Crippen LogP contribution in [0.5, 0.6) is 5.88 Å². The normalized spacial score (nSPS) is 18.8. The summed E-state index contributed by atoms with van der Waals surface area (Å²) in [6, 6.07) is 3.76. The van der Waals surface area contributed by atoms with Crippen LogP contribution in [0.15, 0.2) is 17.5 Å². The maximum absolute atomic E-state index is 5.82. The Labute approximate surface area is 129 Å². The highest BCUT2D eigenvalue weighted by atomic mass is 32.1. The molecule has 9 nitrogen and oxygen atoms in total. The molecule has 0 saturated carbocycles. The van der Waals surface area contributed by atoms with Gasteiger partial charge >= 0.3 is 0 Å². The second-order valence-corrected chi connectivity index (χ2v) is 5.64. The minimum absolute atomic E-state index is 0.0889. The molecule has 114 valence electrons. The smallest absolute Gasteiger partial charge is 0.224 e. The van der Waals surface area contributed by atoms with Crippen molar-refractivity contribution >= 4 is 22.8 Å². The first kappa shape index (κ1) is 13.3. The zero-order chi connectivity index (χ0) is 14.9. The van der Waals surface area contributed by atoms with Crippen molar-refractivity contribution in [1.82, 2.24) is 30.2 Å². The topological polar surface area (TPSA) is 90.6 Å². The lowest BCUT2D eigenvalue weighted by Gasteiger charge is -2.32. The summed E-state index contributed by atoms with van der Waals surface area (Å²) in [5.41, 5.74) is 0.623. The lowest BCUT2D eigenvalue weighted by atomic mass is 10.3. The van der Waals surface area contributed by atoms with Gasteiger partial charge in [0.05, 0.1) is 25.6 Å². The van der Waals surface area contributed by atoms with E-state index in [9.17, 15) is 0 Å². The molecule has 0 bridgehead atoms. The maximum Gasteiger partial charge on any atom is 0.224 e. The number of nitrogens with zero attached hydrogens (tertiary/aromatic N) is 7. The van der Waals surface area contributed by atoms with Crippen LogP contribution in [0.4, 0.5) is 5.82 Å². The summed E-state index contributed by atoms with van der Waals surface area (Å²) < 4.78 is 12.4. The monoisotopic (exact) mass is 319 g/mol. The number of morpholine rings is 1. The lowest BCUT2D eigenvalue weighted by Crippen LogP contribution is -2.39. The van der Waals surface area contributed by atoms with Gasteiger partial charge in [0.1, 0.15) is 11.1 Å². The second-order valence-electron chi connectivity index (χ2n) is 4.75. The van der Waals surface area contributed by atoms with E-state index in [2.05, 4.69) is 30.5 Å². The van der Waals surface area contributed by atoms with Gasteiger partial charge in [-0.2, -0.15) is 0 Å². The van der Waals surface area contributed by atoms with Crippen molar-refractivity contribution in [3.63, 3.8) is 0 Å². The molecule has 1 fully saturated rings. The zero-order valence-electron chi connectivity index (χ0n) is 11.8. The molecule has 0 radical (unpaired) electrons. The van der Waals surface area contributed by atoms with Crippen molar-refractivity contribution < 1.29 is 9.47 Å². The number of rotatable bonds is 3. The molecule has 1 saturated heterocycles. The van der Waals surface area contributed by atoms with Crippen LogP contribution in [0.2, 0.25) is 0 Å². The molecule has 1 unspecified atom stereocenters. The molecule has 1 atom stereocenters. The van der Waals surface area contributed by atoms with Gasteiger partial charge in [0.25, 0.3) is 0 Å². The lowest BCUT2D eigenvalue weighted by molar-refractivity contribution is 0.0390. The molecule has 1 aliphatic heterocycles. The number of fused-ring (bicyclic) bond motifs is 1. The molecule has 0 spiro atoms. The Kier molecular flexibility index (Phi) is 3.31. The summed E-state index contributed by atoms with van der Waals surface area (Å²) in [4.78, 5) is 6.55. The standard InChI is InChI=1S/C12H13N7O2S/c1-20-11-7-22-12(13-11)8-6-18(4-5-21-8)10-3-2-9-14-16-17-19(9)15-10/h2-3,7-8H,4-6H2,1H3. The molecule has 3 aromatic heterocycles. The molecular weight excluding hydrogens is 306 g/mol. The fourth-order valence-corrected chi connectivity index (χ4v) is 3.14. The Morgan fingerprint density at radius 1 is 1.41 bits per heavy atom. The summed E-state index contributed by atoms with van der Waals surface area (Å²) >= 11 is 1.54. The van der Waals surface area contributed by atoms with E-state index >= 15 is 0 Å². The Morgan fingerprint density at radius 2 is 2.36 bits per heavy atom. The summed E-state index contributed by atoms with van der Waals surface area (Å²) in [7, 11) is 1.61. The SMILES string of the molecule is COc1csc(C2CN(c3ccc4nnnn4n3)CCO2)n1. The molecule has 4 heterocycles. The minimum atomic E-state index is -0.0889. The highest BCUT2D eigenvalue weighted by Crippen LogP contribution is 2.29. The number of thiazole rings is 1. The Balaban J connectivity index is 1.57. The van der Waals surface area contributed by atoms with Crippen molar-refractivity contribution in [1.29, 1.82) is 0 Å². The van der Waals surface area contributed by atoms with Crippen molar-refractivity contribution in [2.75, 3.05) is 31.7 Å². The van der Waals surface area contributed by atoms with Crippen LogP contribution in [0.25, 0.3) is 5.65 Å². The quantitative estimate of drug-likeness (QED) is 0.692. The fraction of sp³-hybridized carbons (Fsp3) is 0.417. The zero-order valence-corrected chi connectivity index (χ0v) is 12.6. The predicted octanol–water partition coefficient (Wildman–Crippen LogP) is 0.562. The molecule has 10 heteroatoms. The number of tetrazole rings is 1. The van der Waals surface area contributed by atoms with E-state index in [1.165, 1.54) is 16.0 Å². The number of aromatic nitrogens is 6. The van der Waals surface area contributed by atoms with Crippen molar-refractivity contribution in [3.8, 4) is 5.88 Å². The van der Waals surface area contributed by atoms with Crippen LogP contribution in [-0.2, 0) is 4.74 Å². The third-order valence-electron chi connectivity index (χ3n) is 3.43. The van der Waals surface area contributed by atoms with Gasteiger partial charge in [0, 0.05) is 6.54 Å². The first-order valence-corrected chi connectivity index (χ1v) is 7.63. The van der Waals surface area contributed by atoms with Gasteiger partial charge in [-0.15, -0.1) is 26.2 Å². The summed E-state index contributed by atoms with van der Waals surface area (Å²) in [5, 5.41) is 18.5. The predicted molar refractivity (Wildman–Crippen MR) is 78.1 cm³/mol. The van der Waals surface area contributed by atoms with Gasteiger partial charge in [-0.3, -0.25) is 0 Å². The van der Waals surface area contributed by atoms with Gasteiger partial charge in [-0.05, 0) is 22.6 Å². The number of ether oxygens (including phenoxy) is 2. The van der Waals surface area contributed by atoms with E-state index in [1.807, 2.05) is 17.5 Å². The maximum atomic E-state index is 5.82. The third-order valence-corrected chi connectivity index (χ3v) is 4.35. The van der Waals surface area contributed by atoms with Crippen LogP contribution >= 0.6 is 11.3 Å². The molecular formula is C12H13N7O2S. The molecule has 22 heavy (non-hydrogen) atoms. The molecule has 0 aliphatic carbocycles. The van der Waals surface area contributed by atoms with Crippen LogP contribution in [0.3, 0.4) is 0 Å². The third kappa shape index (κ3) is 2.35. The molecule has 3 aromatic rings. The fourth-order valence-electron chi connectivity index (χ4n) is 2.33. The Morgan fingerprint density at radius 3 is 3.23 bits per heavy atom. The molecule has 1 aliphatic rings. The molecule has 0 N–H and O–H groups in total. The number of hydrogen-bond donors (Lipinski definition) is 0. The van der Waals surface area contributed by atoms with E-state index in [4.69, 9.17) is 9.47 Å². The van der Waals surface area contributed by atoms with Gasteiger partial charge in [-0.25, -0.2) is 4.98 Å². The molecule has 4 rings (SSSR count). The van der Waals surface area contributed by atoms with Gasteiger partial charge < -0.3 is 14.4 Å². The van der Waals surface area contributed by atoms with Crippen LogP contribution in [0.1, 0.15) is 11.1 Å². The summed E-state index contributed by atoms with van der Waals surface area (Å²) in [6.07, 6.45) is -0.0889. The van der Waals surface area contributed by atoms with Gasteiger partial charge in [-0.1, -0.05) is 0 Å². The summed E-state index contributed by atoms with van der Waals surface area (Å²) in [5.74, 6) is 1.44. The van der Waals surface area contributed by atoms with Crippen LogP contribution in [-0.4, -0.2) is 57.0 Å². The largest absolute Gasteiger partial charge is 0.480 e. The van der Waals surface area contributed by atoms with E-state index in [1.54, 1.807) is 7.11 Å². The number of anilines is 1. The van der Waals surface area contributed by atoms with Gasteiger partial charge in [0.15, 0.2) is 11.5 Å². The highest BCUT2D eigenvalue weighted by molar-refractivity contribution is 7.09. The van der Waals surface area contributed by atoms with Crippen LogP contribution in [0, 0.1) is 0 Å². The Bertz CT molecular complexity index is 788. The van der Waals surface area contributed by atoms with E-state index < -0.39 is 0 Å². The number of hydrogen-bond acceptors (Lipinski definition) is 9. The summed E-state index contributed by atoms with van der Waals surface area (Å²) in [6.45, 7) is 2.05. The first-order chi connectivity index (χ1) is 10.8. The van der Waals surface area contributed by atoms with Crippen LogP contribution < -0.4 is 9.64 Å². The van der Waals surface area contributed by atoms with Crippen molar-refractivity contribution in [2.45, 2.75) is 6.10 Å². The minimum Gasteiger partial charge on any atom is -0.480 e.